The van der Waals surface area contributed by atoms with Crippen LogP contribution in [0.15, 0.2) is 24.3 Å². The van der Waals surface area contributed by atoms with Gasteiger partial charge in [0.15, 0.2) is 0 Å². The maximum absolute atomic E-state index is 5.97. The summed E-state index contributed by atoms with van der Waals surface area (Å²) in [4.78, 5) is 0. The highest BCUT2D eigenvalue weighted by Crippen LogP contribution is 2.37. The van der Waals surface area contributed by atoms with E-state index in [1.807, 2.05) is 0 Å². The van der Waals surface area contributed by atoms with Crippen LogP contribution in [-0.2, 0) is 11.2 Å². The van der Waals surface area contributed by atoms with E-state index < -0.39 is 5.79 Å². The Hall–Kier alpha value is -1.28. The monoisotopic (exact) mass is 216 g/mol. The molecule has 1 unspecified atom stereocenters. The van der Waals surface area contributed by atoms with Gasteiger partial charge in [-0.2, -0.15) is 0 Å². The van der Waals surface area contributed by atoms with Gasteiger partial charge in [0.05, 0.1) is 6.61 Å². The summed E-state index contributed by atoms with van der Waals surface area (Å²) in [5.74, 6) is 0.474. The summed E-state index contributed by atoms with van der Waals surface area (Å²) in [5, 5.41) is 0. The maximum atomic E-state index is 5.97. The van der Waals surface area contributed by atoms with Crippen molar-refractivity contribution in [1.29, 1.82) is 0 Å². The Morgan fingerprint density at radius 1 is 1.38 bits per heavy atom. The molecule has 0 amide bonds. The van der Waals surface area contributed by atoms with Crippen LogP contribution in [-0.4, -0.2) is 12.4 Å². The molecule has 1 fully saturated rings. The van der Waals surface area contributed by atoms with Crippen molar-refractivity contribution in [3.05, 3.63) is 35.4 Å². The minimum absolute atomic E-state index is 0.471. The average molecular weight is 216 g/mol. The van der Waals surface area contributed by atoms with Crippen LogP contribution in [0.3, 0.4) is 0 Å². The van der Waals surface area contributed by atoms with E-state index in [1.54, 1.807) is 0 Å². The second-order valence-corrected chi connectivity index (χ2v) is 4.42. The zero-order valence-corrected chi connectivity index (χ0v) is 9.53. The third kappa shape index (κ3) is 1.54. The number of benzene rings is 1. The van der Waals surface area contributed by atoms with E-state index in [4.69, 9.17) is 9.47 Å². The third-order valence-electron chi connectivity index (χ3n) is 3.30. The molecule has 0 saturated carbocycles. The molecule has 2 nitrogen and oxygen atoms in total. The van der Waals surface area contributed by atoms with E-state index in [0.29, 0.717) is 0 Å². The first kappa shape index (κ1) is 9.91. The molecule has 2 aliphatic rings. The molecule has 0 aliphatic carbocycles. The van der Waals surface area contributed by atoms with E-state index in [2.05, 4.69) is 37.3 Å². The van der Waals surface area contributed by atoms with Crippen LogP contribution < -0.4 is 4.74 Å². The SMILES string of the molecule is CCc1ccc2c(c1)C=CC1(CCCO1)O2. The van der Waals surface area contributed by atoms with Crippen molar-refractivity contribution in [2.75, 3.05) is 6.61 Å². The predicted molar refractivity (Wildman–Crippen MR) is 63.4 cm³/mol. The van der Waals surface area contributed by atoms with Crippen LogP contribution in [0.25, 0.3) is 6.08 Å². The minimum Gasteiger partial charge on any atom is -0.458 e. The van der Waals surface area contributed by atoms with Crippen molar-refractivity contribution >= 4 is 6.08 Å². The first-order chi connectivity index (χ1) is 7.81. The highest BCUT2D eigenvalue weighted by molar-refractivity contribution is 5.61. The number of rotatable bonds is 1. The fourth-order valence-corrected chi connectivity index (χ4v) is 2.33. The zero-order chi connectivity index (χ0) is 11.0. The Kier molecular flexibility index (Phi) is 2.25. The molecule has 0 radical (unpaired) electrons. The number of ether oxygens (including phenoxy) is 2. The number of aryl methyl sites for hydroxylation is 1. The second-order valence-electron chi connectivity index (χ2n) is 4.42. The Morgan fingerprint density at radius 2 is 2.31 bits per heavy atom. The van der Waals surface area contributed by atoms with Crippen LogP contribution in [0.1, 0.15) is 30.9 Å². The van der Waals surface area contributed by atoms with Gasteiger partial charge in [-0.15, -0.1) is 0 Å². The lowest BCUT2D eigenvalue weighted by Crippen LogP contribution is -2.34. The number of fused-ring (bicyclic) bond motifs is 1. The molecule has 1 saturated heterocycles. The van der Waals surface area contributed by atoms with Crippen molar-refractivity contribution in [1.82, 2.24) is 0 Å². The molecule has 1 spiro atoms. The van der Waals surface area contributed by atoms with E-state index in [1.165, 1.54) is 11.1 Å². The summed E-state index contributed by atoms with van der Waals surface area (Å²) in [6.45, 7) is 2.96. The molecule has 16 heavy (non-hydrogen) atoms. The van der Waals surface area contributed by atoms with Crippen LogP contribution in [0, 0.1) is 0 Å². The molecular formula is C14H16O2. The van der Waals surface area contributed by atoms with Gasteiger partial charge < -0.3 is 9.47 Å². The standard InChI is InChI=1S/C14H16O2/c1-2-11-4-5-13-12(10-11)6-8-14(16-13)7-3-9-15-14/h4-6,8,10H,2-3,7,9H2,1H3. The van der Waals surface area contributed by atoms with Gasteiger partial charge in [0.2, 0.25) is 5.79 Å². The molecule has 0 bridgehead atoms. The molecular weight excluding hydrogens is 200 g/mol. The Bertz CT molecular complexity index is 428. The fourth-order valence-electron chi connectivity index (χ4n) is 2.33. The molecule has 2 heterocycles. The lowest BCUT2D eigenvalue weighted by atomic mass is 10.0. The average Bonchev–Trinajstić information content (AvgIpc) is 2.77. The van der Waals surface area contributed by atoms with E-state index in [-0.39, 0.29) is 0 Å². The molecule has 84 valence electrons. The Labute approximate surface area is 95.9 Å². The maximum Gasteiger partial charge on any atom is 0.230 e. The molecule has 1 aromatic carbocycles. The first-order valence-electron chi connectivity index (χ1n) is 5.96. The minimum atomic E-state index is -0.471. The lowest BCUT2D eigenvalue weighted by molar-refractivity contribution is -0.110. The summed E-state index contributed by atoms with van der Waals surface area (Å²) in [6.07, 6.45) is 7.28. The summed E-state index contributed by atoms with van der Waals surface area (Å²) >= 11 is 0. The largest absolute Gasteiger partial charge is 0.458 e. The molecule has 1 aromatic rings. The summed E-state index contributed by atoms with van der Waals surface area (Å²) in [5.41, 5.74) is 2.51. The van der Waals surface area contributed by atoms with Crippen LogP contribution in [0.5, 0.6) is 5.75 Å². The number of hydrogen-bond acceptors (Lipinski definition) is 2. The van der Waals surface area contributed by atoms with Gasteiger partial charge in [-0.25, -0.2) is 0 Å². The molecule has 0 N–H and O–H groups in total. The fraction of sp³-hybridized carbons (Fsp3) is 0.429. The van der Waals surface area contributed by atoms with Crippen molar-refractivity contribution < 1.29 is 9.47 Å². The molecule has 2 heteroatoms. The van der Waals surface area contributed by atoms with Gasteiger partial charge in [0, 0.05) is 12.0 Å². The van der Waals surface area contributed by atoms with Crippen LogP contribution in [0.2, 0.25) is 0 Å². The second kappa shape index (κ2) is 3.63. The van der Waals surface area contributed by atoms with Gasteiger partial charge in [0.25, 0.3) is 0 Å². The van der Waals surface area contributed by atoms with Gasteiger partial charge >= 0.3 is 0 Å². The summed E-state index contributed by atoms with van der Waals surface area (Å²) in [7, 11) is 0. The molecule has 2 aliphatic heterocycles. The topological polar surface area (TPSA) is 18.5 Å². The Balaban J connectivity index is 1.95. The van der Waals surface area contributed by atoms with Crippen molar-refractivity contribution in [2.45, 2.75) is 32.0 Å². The number of hydrogen-bond donors (Lipinski definition) is 0. The van der Waals surface area contributed by atoms with Gasteiger partial charge in [-0.3, -0.25) is 0 Å². The van der Waals surface area contributed by atoms with E-state index in [9.17, 15) is 0 Å². The van der Waals surface area contributed by atoms with Gasteiger partial charge in [-0.1, -0.05) is 13.0 Å². The zero-order valence-electron chi connectivity index (χ0n) is 9.53. The van der Waals surface area contributed by atoms with Crippen molar-refractivity contribution in [3.8, 4) is 5.75 Å². The third-order valence-corrected chi connectivity index (χ3v) is 3.30. The summed E-state index contributed by atoms with van der Waals surface area (Å²) < 4.78 is 11.7. The molecule has 0 aromatic heterocycles. The first-order valence-corrected chi connectivity index (χ1v) is 5.96. The van der Waals surface area contributed by atoms with Crippen LogP contribution >= 0.6 is 0 Å². The predicted octanol–water partition coefficient (Wildman–Crippen LogP) is 3.16. The normalized spacial score (nSPS) is 26.8. The summed E-state index contributed by atoms with van der Waals surface area (Å²) in [6, 6.07) is 6.37. The van der Waals surface area contributed by atoms with E-state index >= 15 is 0 Å². The highest BCUT2D eigenvalue weighted by Gasteiger charge is 2.37. The quantitative estimate of drug-likeness (QED) is 0.718. The molecule has 1 atom stereocenters. The van der Waals surface area contributed by atoms with E-state index in [0.717, 1.165) is 31.6 Å². The smallest absolute Gasteiger partial charge is 0.230 e. The van der Waals surface area contributed by atoms with Crippen molar-refractivity contribution in [2.24, 2.45) is 0 Å². The molecule has 3 rings (SSSR count). The highest BCUT2D eigenvalue weighted by atomic mass is 16.7. The van der Waals surface area contributed by atoms with Gasteiger partial charge in [0.1, 0.15) is 5.75 Å². The van der Waals surface area contributed by atoms with Crippen molar-refractivity contribution in [3.63, 3.8) is 0 Å². The van der Waals surface area contributed by atoms with Crippen LogP contribution in [0.4, 0.5) is 0 Å². The van der Waals surface area contributed by atoms with Gasteiger partial charge in [-0.05, 0) is 42.7 Å². The Morgan fingerprint density at radius 3 is 3.06 bits per heavy atom. The lowest BCUT2D eigenvalue weighted by Gasteiger charge is -2.30.